The third-order valence-electron chi connectivity index (χ3n) is 4.89. The van der Waals surface area contributed by atoms with Gasteiger partial charge in [-0.1, -0.05) is 62.4 Å². The third kappa shape index (κ3) is 3.40. The molecule has 0 heterocycles. The molecule has 2 aromatic rings. The van der Waals surface area contributed by atoms with E-state index in [1.807, 2.05) is 60.7 Å². The van der Waals surface area contributed by atoms with Crippen LogP contribution in [0, 0.1) is 5.41 Å². The van der Waals surface area contributed by atoms with E-state index in [0.29, 0.717) is 18.4 Å². The standard InChI is InChI=1S/C21H23NO2/c1-21(2)14-17(23)13-18(15-9-5-3-6-10-15)19(21)22-20(24)16-11-7-4-8-12-16/h3-12,18-19H,13-14H2,1-2H3,(H,22,24)/t18-,19+/m0/s1. The Morgan fingerprint density at radius 1 is 1.00 bits per heavy atom. The first-order valence-electron chi connectivity index (χ1n) is 8.40. The van der Waals surface area contributed by atoms with Gasteiger partial charge in [0.2, 0.25) is 0 Å². The second-order valence-electron chi connectivity index (χ2n) is 7.24. The molecule has 0 bridgehead atoms. The number of benzene rings is 2. The molecule has 1 aliphatic rings. The predicted molar refractivity (Wildman–Crippen MR) is 94.9 cm³/mol. The number of hydrogen-bond donors (Lipinski definition) is 1. The highest BCUT2D eigenvalue weighted by molar-refractivity contribution is 5.94. The Bertz CT molecular complexity index is 722. The summed E-state index contributed by atoms with van der Waals surface area (Å²) in [5.74, 6) is 0.193. The van der Waals surface area contributed by atoms with Crippen molar-refractivity contribution in [2.75, 3.05) is 0 Å². The quantitative estimate of drug-likeness (QED) is 0.930. The number of ketones is 1. The Kier molecular flexibility index (Phi) is 4.52. The monoisotopic (exact) mass is 321 g/mol. The second kappa shape index (κ2) is 6.60. The van der Waals surface area contributed by atoms with E-state index in [9.17, 15) is 9.59 Å². The Morgan fingerprint density at radius 2 is 1.58 bits per heavy atom. The van der Waals surface area contributed by atoms with E-state index in [4.69, 9.17) is 0 Å². The lowest BCUT2D eigenvalue weighted by Gasteiger charge is -2.44. The summed E-state index contributed by atoms with van der Waals surface area (Å²) in [4.78, 5) is 24.9. The maximum Gasteiger partial charge on any atom is 0.251 e. The molecular weight excluding hydrogens is 298 g/mol. The molecule has 1 fully saturated rings. The van der Waals surface area contributed by atoms with Gasteiger partial charge in [-0.3, -0.25) is 9.59 Å². The molecule has 3 nitrogen and oxygen atoms in total. The summed E-state index contributed by atoms with van der Waals surface area (Å²) in [5, 5.41) is 3.20. The van der Waals surface area contributed by atoms with Gasteiger partial charge in [-0.25, -0.2) is 0 Å². The van der Waals surface area contributed by atoms with E-state index in [1.165, 1.54) is 0 Å². The molecule has 0 spiro atoms. The van der Waals surface area contributed by atoms with Crippen molar-refractivity contribution in [2.24, 2.45) is 5.41 Å². The van der Waals surface area contributed by atoms with E-state index < -0.39 is 0 Å². The molecule has 1 N–H and O–H groups in total. The summed E-state index contributed by atoms with van der Waals surface area (Å²) in [7, 11) is 0. The van der Waals surface area contributed by atoms with Crippen molar-refractivity contribution in [3.63, 3.8) is 0 Å². The molecular formula is C21H23NO2. The molecule has 0 aliphatic heterocycles. The summed E-state index contributed by atoms with van der Waals surface area (Å²) in [6.45, 7) is 4.13. The first-order valence-corrected chi connectivity index (χ1v) is 8.40. The lowest BCUT2D eigenvalue weighted by atomic mass is 9.65. The van der Waals surface area contributed by atoms with Gasteiger partial charge in [0.25, 0.3) is 5.91 Å². The van der Waals surface area contributed by atoms with Gasteiger partial charge in [-0.2, -0.15) is 0 Å². The second-order valence-corrected chi connectivity index (χ2v) is 7.24. The van der Waals surface area contributed by atoms with Gasteiger partial charge in [0, 0.05) is 30.4 Å². The van der Waals surface area contributed by atoms with Gasteiger partial charge >= 0.3 is 0 Å². The minimum absolute atomic E-state index is 0.00936. The number of nitrogens with one attached hydrogen (secondary N) is 1. The Morgan fingerprint density at radius 3 is 2.21 bits per heavy atom. The maximum absolute atomic E-state index is 12.7. The molecule has 0 unspecified atom stereocenters. The van der Waals surface area contributed by atoms with Crippen molar-refractivity contribution in [1.82, 2.24) is 5.32 Å². The van der Waals surface area contributed by atoms with Crippen LogP contribution < -0.4 is 5.32 Å². The van der Waals surface area contributed by atoms with Crippen molar-refractivity contribution >= 4 is 11.7 Å². The molecule has 0 radical (unpaired) electrons. The molecule has 3 heteroatoms. The molecule has 1 amide bonds. The highest BCUT2D eigenvalue weighted by atomic mass is 16.2. The summed E-state index contributed by atoms with van der Waals surface area (Å²) in [6, 6.07) is 19.2. The SMILES string of the molecule is CC1(C)CC(=O)C[C@@H](c2ccccc2)[C@H]1NC(=O)c1ccccc1. The van der Waals surface area contributed by atoms with Crippen molar-refractivity contribution in [3.8, 4) is 0 Å². The van der Waals surface area contributed by atoms with Crippen molar-refractivity contribution in [2.45, 2.75) is 38.6 Å². The lowest BCUT2D eigenvalue weighted by molar-refractivity contribution is -0.124. The van der Waals surface area contributed by atoms with Gasteiger partial charge in [0.1, 0.15) is 5.78 Å². The van der Waals surface area contributed by atoms with Crippen LogP contribution in [-0.2, 0) is 4.79 Å². The van der Waals surface area contributed by atoms with Crippen molar-refractivity contribution in [3.05, 3.63) is 71.8 Å². The van der Waals surface area contributed by atoms with E-state index in [0.717, 1.165) is 5.56 Å². The Hall–Kier alpha value is -2.42. The summed E-state index contributed by atoms with van der Waals surface area (Å²) in [6.07, 6.45) is 0.975. The molecule has 3 rings (SSSR count). The first-order chi connectivity index (χ1) is 11.5. The number of hydrogen-bond acceptors (Lipinski definition) is 2. The fraction of sp³-hybridized carbons (Fsp3) is 0.333. The summed E-state index contributed by atoms with van der Waals surface area (Å²) < 4.78 is 0. The zero-order valence-electron chi connectivity index (χ0n) is 14.2. The van der Waals surface area contributed by atoms with Crippen LogP contribution in [-0.4, -0.2) is 17.7 Å². The van der Waals surface area contributed by atoms with Crippen LogP contribution in [0.2, 0.25) is 0 Å². The fourth-order valence-electron chi connectivity index (χ4n) is 3.72. The Balaban J connectivity index is 1.91. The minimum Gasteiger partial charge on any atom is -0.348 e. The van der Waals surface area contributed by atoms with Crippen LogP contribution in [0.5, 0.6) is 0 Å². The zero-order chi connectivity index (χ0) is 17.2. The van der Waals surface area contributed by atoms with Crippen LogP contribution in [0.1, 0.15) is 48.5 Å². The van der Waals surface area contributed by atoms with Gasteiger partial charge in [0.05, 0.1) is 0 Å². The summed E-state index contributed by atoms with van der Waals surface area (Å²) >= 11 is 0. The number of rotatable bonds is 3. The molecule has 2 aromatic carbocycles. The van der Waals surface area contributed by atoms with Crippen molar-refractivity contribution < 1.29 is 9.59 Å². The first kappa shape index (κ1) is 16.4. The summed E-state index contributed by atoms with van der Waals surface area (Å²) in [5.41, 5.74) is 1.48. The van der Waals surface area contributed by atoms with Crippen LogP contribution >= 0.6 is 0 Å². The van der Waals surface area contributed by atoms with Crippen LogP contribution in [0.15, 0.2) is 60.7 Å². The van der Waals surface area contributed by atoms with Crippen LogP contribution in [0.3, 0.4) is 0 Å². The minimum atomic E-state index is -0.277. The van der Waals surface area contributed by atoms with Gasteiger partial charge < -0.3 is 5.32 Å². The average Bonchev–Trinajstić information content (AvgIpc) is 2.58. The van der Waals surface area contributed by atoms with Crippen molar-refractivity contribution in [1.29, 1.82) is 0 Å². The predicted octanol–water partition coefficient (Wildman–Crippen LogP) is 3.96. The fourth-order valence-corrected chi connectivity index (χ4v) is 3.72. The number of amides is 1. The molecule has 0 saturated heterocycles. The highest BCUT2D eigenvalue weighted by Gasteiger charge is 2.43. The number of carbonyl (C=O) groups excluding carboxylic acids is 2. The number of Topliss-reactive ketones (excluding diaryl/α,β-unsaturated/α-hetero) is 1. The molecule has 1 aliphatic carbocycles. The van der Waals surface area contributed by atoms with E-state index in [2.05, 4.69) is 19.2 Å². The van der Waals surface area contributed by atoms with Crippen LogP contribution in [0.4, 0.5) is 0 Å². The average molecular weight is 321 g/mol. The molecule has 2 atom stereocenters. The number of carbonyl (C=O) groups is 2. The topological polar surface area (TPSA) is 46.2 Å². The van der Waals surface area contributed by atoms with E-state index >= 15 is 0 Å². The Labute approximate surface area is 143 Å². The highest BCUT2D eigenvalue weighted by Crippen LogP contribution is 2.42. The van der Waals surface area contributed by atoms with Crippen LogP contribution in [0.25, 0.3) is 0 Å². The van der Waals surface area contributed by atoms with Gasteiger partial charge in [-0.05, 0) is 23.1 Å². The van der Waals surface area contributed by atoms with E-state index in [1.54, 1.807) is 0 Å². The largest absolute Gasteiger partial charge is 0.348 e. The normalized spacial score (nSPS) is 22.8. The zero-order valence-corrected chi connectivity index (χ0v) is 14.2. The van der Waals surface area contributed by atoms with E-state index in [-0.39, 0.29) is 29.1 Å². The van der Waals surface area contributed by atoms with Gasteiger partial charge in [0.15, 0.2) is 0 Å². The molecule has 124 valence electrons. The third-order valence-corrected chi connectivity index (χ3v) is 4.89. The van der Waals surface area contributed by atoms with Gasteiger partial charge in [-0.15, -0.1) is 0 Å². The molecule has 0 aromatic heterocycles. The smallest absolute Gasteiger partial charge is 0.251 e. The molecule has 1 saturated carbocycles. The molecule has 24 heavy (non-hydrogen) atoms. The lowest BCUT2D eigenvalue weighted by Crippen LogP contribution is -2.52. The maximum atomic E-state index is 12.7.